The van der Waals surface area contributed by atoms with Crippen molar-refractivity contribution in [2.75, 3.05) is 6.61 Å². The van der Waals surface area contributed by atoms with Crippen LogP contribution in [0.4, 0.5) is 0 Å². The molecule has 0 heterocycles. The van der Waals surface area contributed by atoms with Crippen molar-refractivity contribution in [3.63, 3.8) is 0 Å². The number of ether oxygens (including phenoxy) is 1. The Balaban J connectivity index is 2.24. The van der Waals surface area contributed by atoms with E-state index < -0.39 is 0 Å². The Morgan fingerprint density at radius 1 is 1.18 bits per heavy atom. The first-order valence-electron chi connectivity index (χ1n) is 7.26. The molecule has 0 saturated carbocycles. The van der Waals surface area contributed by atoms with Gasteiger partial charge >= 0.3 is 0 Å². The van der Waals surface area contributed by atoms with Gasteiger partial charge in [0.05, 0.1) is 12.2 Å². The lowest BCUT2D eigenvalue weighted by Crippen LogP contribution is -2.00. The highest BCUT2D eigenvalue weighted by molar-refractivity contribution is 6.09. The van der Waals surface area contributed by atoms with Gasteiger partial charge in [-0.1, -0.05) is 35.9 Å². The third-order valence-corrected chi connectivity index (χ3v) is 3.35. The summed E-state index contributed by atoms with van der Waals surface area (Å²) < 4.78 is 5.35. The molecule has 2 rings (SSSR count). The zero-order valence-corrected chi connectivity index (χ0v) is 13.1. The molecule has 2 aromatic carbocycles. The molecule has 0 aliphatic carbocycles. The summed E-state index contributed by atoms with van der Waals surface area (Å²) in [5.74, 6) is 0.289. The van der Waals surface area contributed by atoms with Crippen LogP contribution in [0.3, 0.4) is 0 Å². The van der Waals surface area contributed by atoms with Crippen molar-refractivity contribution in [3.8, 4) is 11.5 Å². The van der Waals surface area contributed by atoms with E-state index in [9.17, 15) is 9.90 Å². The summed E-state index contributed by atoms with van der Waals surface area (Å²) in [7, 11) is 0. The highest BCUT2D eigenvalue weighted by Crippen LogP contribution is 2.28. The zero-order chi connectivity index (χ0) is 16.1. The molecule has 0 radical (unpaired) electrons. The molecular formula is C19H20O3. The van der Waals surface area contributed by atoms with Crippen molar-refractivity contribution in [1.29, 1.82) is 0 Å². The number of benzene rings is 2. The number of phenols is 1. The molecular weight excluding hydrogens is 276 g/mol. The van der Waals surface area contributed by atoms with Crippen molar-refractivity contribution in [2.24, 2.45) is 0 Å². The number of carbonyl (C=O) groups is 1. The molecule has 0 atom stereocenters. The third-order valence-electron chi connectivity index (χ3n) is 3.35. The van der Waals surface area contributed by atoms with E-state index in [1.54, 1.807) is 19.1 Å². The minimum absolute atomic E-state index is 0.0537. The number of ketones is 1. The lowest BCUT2D eigenvalue weighted by atomic mass is 10.0. The van der Waals surface area contributed by atoms with Gasteiger partial charge in [-0.25, -0.2) is 0 Å². The second kappa shape index (κ2) is 6.94. The van der Waals surface area contributed by atoms with Gasteiger partial charge in [0.2, 0.25) is 0 Å². The molecule has 2 aromatic rings. The minimum atomic E-state index is -0.223. The number of aromatic hydroxyl groups is 1. The summed E-state index contributed by atoms with van der Waals surface area (Å²) in [6.45, 7) is 6.18. The Morgan fingerprint density at radius 3 is 2.45 bits per heavy atom. The van der Waals surface area contributed by atoms with Crippen LogP contribution in [-0.4, -0.2) is 17.5 Å². The first-order chi connectivity index (χ1) is 10.5. The Morgan fingerprint density at radius 2 is 1.86 bits per heavy atom. The molecule has 0 aromatic heterocycles. The van der Waals surface area contributed by atoms with Gasteiger partial charge in [0, 0.05) is 6.07 Å². The fourth-order valence-electron chi connectivity index (χ4n) is 2.24. The fourth-order valence-corrected chi connectivity index (χ4v) is 2.24. The van der Waals surface area contributed by atoms with E-state index in [1.165, 1.54) is 17.7 Å². The van der Waals surface area contributed by atoms with Gasteiger partial charge in [0.1, 0.15) is 11.5 Å². The number of hydrogen-bond acceptors (Lipinski definition) is 3. The summed E-state index contributed by atoms with van der Waals surface area (Å²) in [6, 6.07) is 11.1. The molecule has 114 valence electrons. The lowest BCUT2D eigenvalue weighted by Gasteiger charge is -2.09. The molecule has 0 amide bonds. The molecule has 1 N–H and O–H groups in total. The summed E-state index contributed by atoms with van der Waals surface area (Å²) in [6.07, 6.45) is 3.23. The predicted octanol–water partition coefficient (Wildman–Crippen LogP) is 4.30. The van der Waals surface area contributed by atoms with Crippen molar-refractivity contribution in [1.82, 2.24) is 0 Å². The van der Waals surface area contributed by atoms with E-state index in [2.05, 4.69) is 0 Å². The first kappa shape index (κ1) is 15.8. The normalized spacial score (nSPS) is 10.9. The van der Waals surface area contributed by atoms with Gasteiger partial charge in [-0.3, -0.25) is 4.79 Å². The Hall–Kier alpha value is -2.55. The summed E-state index contributed by atoms with van der Waals surface area (Å²) >= 11 is 0. The SMILES string of the molecule is CCOc1cc(C)c(C(=O)C=Cc2ccc(C)cc2)c(O)c1. The van der Waals surface area contributed by atoms with Crippen LogP contribution in [-0.2, 0) is 0 Å². The van der Waals surface area contributed by atoms with Crippen LogP contribution in [0, 0.1) is 13.8 Å². The van der Waals surface area contributed by atoms with E-state index in [0.29, 0.717) is 23.5 Å². The molecule has 0 fully saturated rings. The molecule has 0 unspecified atom stereocenters. The molecule has 0 aliphatic rings. The topological polar surface area (TPSA) is 46.5 Å². The number of phenolic OH excluding ortho intramolecular Hbond substituents is 1. The number of aryl methyl sites for hydroxylation is 2. The highest BCUT2D eigenvalue weighted by atomic mass is 16.5. The van der Waals surface area contributed by atoms with Crippen LogP contribution in [0.15, 0.2) is 42.5 Å². The Bertz CT molecular complexity index is 674. The summed E-state index contributed by atoms with van der Waals surface area (Å²) in [5.41, 5.74) is 3.12. The third kappa shape index (κ3) is 3.76. The largest absolute Gasteiger partial charge is 0.507 e. The van der Waals surface area contributed by atoms with Crippen LogP contribution in [0.2, 0.25) is 0 Å². The molecule has 3 nitrogen and oxygen atoms in total. The van der Waals surface area contributed by atoms with Crippen molar-refractivity contribution >= 4 is 11.9 Å². The molecule has 0 saturated heterocycles. The Labute approximate surface area is 130 Å². The van der Waals surface area contributed by atoms with E-state index >= 15 is 0 Å². The van der Waals surface area contributed by atoms with Gasteiger partial charge in [-0.2, -0.15) is 0 Å². The van der Waals surface area contributed by atoms with E-state index in [-0.39, 0.29) is 11.5 Å². The maximum Gasteiger partial charge on any atom is 0.189 e. The van der Waals surface area contributed by atoms with Gasteiger partial charge < -0.3 is 9.84 Å². The van der Waals surface area contributed by atoms with Gasteiger partial charge in [0.15, 0.2) is 5.78 Å². The average molecular weight is 296 g/mol. The van der Waals surface area contributed by atoms with Crippen LogP contribution < -0.4 is 4.74 Å². The first-order valence-corrected chi connectivity index (χ1v) is 7.26. The molecule has 0 spiro atoms. The quantitative estimate of drug-likeness (QED) is 0.661. The van der Waals surface area contributed by atoms with E-state index in [1.807, 2.05) is 38.1 Å². The summed E-state index contributed by atoms with van der Waals surface area (Å²) in [4.78, 5) is 12.3. The van der Waals surface area contributed by atoms with E-state index in [4.69, 9.17) is 4.74 Å². The number of hydrogen-bond donors (Lipinski definition) is 1. The van der Waals surface area contributed by atoms with Gasteiger partial charge in [0.25, 0.3) is 0 Å². The lowest BCUT2D eigenvalue weighted by molar-refractivity contribution is 0.104. The van der Waals surface area contributed by atoms with Crippen LogP contribution in [0.1, 0.15) is 34.0 Å². The second-order valence-electron chi connectivity index (χ2n) is 5.18. The minimum Gasteiger partial charge on any atom is -0.507 e. The van der Waals surface area contributed by atoms with Crippen molar-refractivity contribution < 1.29 is 14.6 Å². The Kier molecular flexibility index (Phi) is 4.99. The molecule has 0 aliphatic heterocycles. The maximum atomic E-state index is 12.3. The van der Waals surface area contributed by atoms with Gasteiger partial charge in [-0.05, 0) is 44.0 Å². The second-order valence-corrected chi connectivity index (χ2v) is 5.18. The summed E-state index contributed by atoms with van der Waals surface area (Å²) in [5, 5.41) is 10.1. The fraction of sp³-hybridized carbons (Fsp3) is 0.211. The monoisotopic (exact) mass is 296 g/mol. The highest BCUT2D eigenvalue weighted by Gasteiger charge is 2.13. The molecule has 22 heavy (non-hydrogen) atoms. The van der Waals surface area contributed by atoms with Crippen LogP contribution in [0.25, 0.3) is 6.08 Å². The van der Waals surface area contributed by atoms with Gasteiger partial charge in [-0.15, -0.1) is 0 Å². The number of carbonyl (C=O) groups excluding carboxylic acids is 1. The molecule has 0 bridgehead atoms. The smallest absolute Gasteiger partial charge is 0.189 e. The maximum absolute atomic E-state index is 12.3. The van der Waals surface area contributed by atoms with Crippen molar-refractivity contribution in [3.05, 3.63) is 64.7 Å². The predicted molar refractivity (Wildman–Crippen MR) is 88.6 cm³/mol. The van der Waals surface area contributed by atoms with E-state index in [0.717, 1.165) is 5.56 Å². The molecule has 3 heteroatoms. The van der Waals surface area contributed by atoms with Crippen molar-refractivity contribution in [2.45, 2.75) is 20.8 Å². The average Bonchev–Trinajstić information content (AvgIpc) is 2.46. The standard InChI is InChI=1S/C19H20O3/c1-4-22-16-11-14(3)19(18(21)12-16)17(20)10-9-15-7-5-13(2)6-8-15/h5-12,21H,4H2,1-3H3. The number of rotatable bonds is 5. The number of allylic oxidation sites excluding steroid dienone is 1. The van der Waals surface area contributed by atoms with Crippen LogP contribution in [0.5, 0.6) is 11.5 Å². The zero-order valence-electron chi connectivity index (χ0n) is 13.1. The van der Waals surface area contributed by atoms with Crippen LogP contribution >= 0.6 is 0 Å².